The van der Waals surface area contributed by atoms with Gasteiger partial charge in [-0.3, -0.25) is 14.9 Å². The molecule has 1 spiro atoms. The minimum Gasteiger partial charge on any atom is -0.455 e. The lowest BCUT2D eigenvalue weighted by atomic mass is 9.39. The molecule has 4 aromatic rings. The number of hydrogen-bond acceptors (Lipinski definition) is 10. The van der Waals surface area contributed by atoms with Gasteiger partial charge >= 0.3 is 0 Å². The van der Waals surface area contributed by atoms with Crippen LogP contribution in [-0.2, 0) is 14.8 Å². The van der Waals surface area contributed by atoms with E-state index in [9.17, 15) is 23.3 Å². The van der Waals surface area contributed by atoms with Gasteiger partial charge in [-0.15, -0.1) is 11.6 Å². The van der Waals surface area contributed by atoms with Crippen molar-refractivity contribution in [3.8, 4) is 11.5 Å². The van der Waals surface area contributed by atoms with Crippen molar-refractivity contribution in [2.24, 2.45) is 22.2 Å². The third-order valence-electron chi connectivity index (χ3n) is 14.9. The van der Waals surface area contributed by atoms with Crippen molar-refractivity contribution in [1.82, 2.24) is 14.7 Å². The number of sulfonamides is 1. The second-order valence-electron chi connectivity index (χ2n) is 20.0. The van der Waals surface area contributed by atoms with Crippen molar-refractivity contribution in [2.75, 3.05) is 56.2 Å². The van der Waals surface area contributed by atoms with E-state index in [0.29, 0.717) is 46.6 Å². The van der Waals surface area contributed by atoms with Crippen LogP contribution in [0.3, 0.4) is 0 Å². The number of benzene rings is 2. The van der Waals surface area contributed by atoms with Gasteiger partial charge in [0.2, 0.25) is 0 Å². The number of hydrogen-bond donors (Lipinski definition) is 3. The molecule has 3 N–H and O–H groups in total. The van der Waals surface area contributed by atoms with E-state index in [1.807, 2.05) is 6.07 Å². The number of carbonyl (C=O) groups excluding carboxylic acids is 1. The van der Waals surface area contributed by atoms with Crippen LogP contribution in [0.25, 0.3) is 11.0 Å². The summed E-state index contributed by atoms with van der Waals surface area (Å²) in [5, 5.41) is 16.2. The highest BCUT2D eigenvalue weighted by molar-refractivity contribution is 7.90. The quantitative estimate of drug-likeness (QED) is 0.0388. The number of H-pyrrole nitrogens is 1. The van der Waals surface area contributed by atoms with E-state index in [0.717, 1.165) is 108 Å². The smallest absolute Gasteiger partial charge is 0.293 e. The van der Waals surface area contributed by atoms with Crippen molar-refractivity contribution in [3.63, 3.8) is 0 Å². The zero-order valence-electron chi connectivity index (χ0n) is 35.9. The molecule has 5 fully saturated rings. The van der Waals surface area contributed by atoms with Crippen LogP contribution in [0.2, 0.25) is 0 Å². The summed E-state index contributed by atoms with van der Waals surface area (Å²) in [6.45, 7) is 9.97. The Labute approximate surface area is 372 Å². The topological polar surface area (TPSA) is 172 Å². The van der Waals surface area contributed by atoms with Crippen LogP contribution < -0.4 is 19.7 Å². The summed E-state index contributed by atoms with van der Waals surface area (Å²) in [4.78, 5) is 34.9. The fourth-order valence-corrected chi connectivity index (χ4v) is 13.1. The normalized spacial score (nSPS) is 25.1. The molecule has 7 aliphatic rings. The van der Waals surface area contributed by atoms with Gasteiger partial charge in [-0.2, -0.15) is 0 Å². The number of allylic oxidation sites excluding steroid dienone is 1. The minimum atomic E-state index is -4.55. The number of anilines is 2. The SMILES string of the molecule is CC1(C)CCC(C[N+]2=CCN(c3ccc(C(=O)NS(=O)(=O)c4ccc(NCC5CC6(CCOCC6)C5)c([N+](=O)[O-])c4)c(Oc4cnc5[nH]ccc5c4)c3)CC2)=C(C23CC(Cl)(C2)C3)C1. The van der Waals surface area contributed by atoms with E-state index >= 15 is 0 Å². The van der Waals surface area contributed by atoms with Gasteiger partial charge in [-0.1, -0.05) is 19.4 Å². The summed E-state index contributed by atoms with van der Waals surface area (Å²) in [5.74, 6) is -0.0774. The Morgan fingerprint density at radius 3 is 2.62 bits per heavy atom. The highest BCUT2D eigenvalue weighted by atomic mass is 35.5. The Bertz CT molecular complexity index is 2660. The number of aromatic nitrogens is 2. The van der Waals surface area contributed by atoms with E-state index in [4.69, 9.17) is 21.1 Å². The average Bonchev–Trinajstić information content (AvgIpc) is 3.70. The van der Waals surface area contributed by atoms with Gasteiger partial charge in [0.15, 0.2) is 19.3 Å². The first kappa shape index (κ1) is 42.0. The van der Waals surface area contributed by atoms with Gasteiger partial charge in [-0.25, -0.2) is 22.7 Å². The fraction of sp³-hybridized carbons (Fsp3) is 0.511. The zero-order valence-corrected chi connectivity index (χ0v) is 37.5. The average molecular weight is 898 g/mol. The number of ether oxygens (including phenoxy) is 2. The molecule has 1 saturated heterocycles. The van der Waals surface area contributed by atoms with Crippen LogP contribution in [0, 0.1) is 32.3 Å². The van der Waals surface area contributed by atoms with E-state index in [1.54, 1.807) is 41.6 Å². The molecule has 2 bridgehead atoms. The number of fused-ring (bicyclic) bond motifs is 1. The van der Waals surface area contributed by atoms with Gasteiger partial charge in [0, 0.05) is 54.0 Å². The van der Waals surface area contributed by atoms with Crippen LogP contribution in [0.1, 0.15) is 88.4 Å². The van der Waals surface area contributed by atoms with E-state index < -0.39 is 25.7 Å². The molecule has 0 unspecified atom stereocenters. The lowest BCUT2D eigenvalue weighted by Gasteiger charge is -2.70. The highest BCUT2D eigenvalue weighted by Gasteiger charge is 2.69. The minimum absolute atomic E-state index is 0.0262. The Balaban J connectivity index is 0.859. The lowest BCUT2D eigenvalue weighted by molar-refractivity contribution is -0.516. The van der Waals surface area contributed by atoms with Crippen molar-refractivity contribution in [2.45, 2.75) is 87.8 Å². The molecule has 0 radical (unpaired) electrons. The maximum atomic E-state index is 14.0. The first-order valence-electron chi connectivity index (χ1n) is 22.2. The third kappa shape index (κ3) is 8.20. The number of carbonyl (C=O) groups is 1. The van der Waals surface area contributed by atoms with E-state index in [-0.39, 0.29) is 27.6 Å². The molecule has 1 amide bonds. The second-order valence-corrected chi connectivity index (χ2v) is 22.5. The molecule has 4 heterocycles. The second kappa shape index (κ2) is 15.6. The Hall–Kier alpha value is -4.99. The summed E-state index contributed by atoms with van der Waals surface area (Å²) in [6, 6.07) is 12.4. The molecule has 332 valence electrons. The molecule has 2 aliphatic heterocycles. The van der Waals surface area contributed by atoms with E-state index in [1.165, 1.54) is 24.8 Å². The fourth-order valence-electron chi connectivity index (χ4n) is 11.4. The third-order valence-corrected chi connectivity index (χ3v) is 16.6. The number of rotatable bonds is 13. The summed E-state index contributed by atoms with van der Waals surface area (Å²) in [7, 11) is -4.55. The molecule has 11 rings (SSSR count). The van der Waals surface area contributed by atoms with Gasteiger partial charge in [0.25, 0.3) is 21.6 Å². The number of amides is 1. The first-order chi connectivity index (χ1) is 30.1. The molecule has 14 nitrogen and oxygen atoms in total. The van der Waals surface area contributed by atoms with Crippen LogP contribution in [0.4, 0.5) is 17.1 Å². The van der Waals surface area contributed by atoms with Crippen LogP contribution in [0.5, 0.6) is 11.5 Å². The molecule has 2 aromatic heterocycles. The molecular formula is C47H55ClN7O7S+. The predicted molar refractivity (Wildman–Crippen MR) is 242 cm³/mol. The summed E-state index contributed by atoms with van der Waals surface area (Å²) >= 11 is 6.74. The lowest BCUT2D eigenvalue weighted by Crippen LogP contribution is -2.65. The zero-order chi connectivity index (χ0) is 43.8. The summed E-state index contributed by atoms with van der Waals surface area (Å²) < 4.78 is 43.9. The summed E-state index contributed by atoms with van der Waals surface area (Å²) in [6.07, 6.45) is 16.5. The van der Waals surface area contributed by atoms with Crippen molar-refractivity contribution >= 4 is 61.8 Å². The van der Waals surface area contributed by atoms with Gasteiger partial charge in [-0.05, 0) is 128 Å². The van der Waals surface area contributed by atoms with Crippen molar-refractivity contribution in [3.05, 3.63) is 87.7 Å². The number of alkyl halides is 1. The van der Waals surface area contributed by atoms with Crippen molar-refractivity contribution < 1.29 is 32.2 Å². The standard InChI is InChI=1S/C47H54ClN7O7S/c1-44(2)9-7-33(38(24-44)46-28-47(48,29-46)30-46)27-53-13-15-54(16-14-53)34-3-5-37(41(20-34)62-35-19-32-8-12-49-42(32)51-26-35)43(56)52-63(59,60)36-4-6-39(40(21-36)55(57)58)50-25-31-22-45(23-31)10-17-61-18-11-45/h3-6,8,12-13,19-21,26,31,50H,7,9-11,14-18,22-25,27-30H2,1-2H3,(H-,49,51,52,56)/p+1. The molecule has 5 aliphatic carbocycles. The number of nitro benzene ring substituents is 1. The highest BCUT2D eigenvalue weighted by Crippen LogP contribution is 2.75. The molecular weight excluding hydrogens is 842 g/mol. The monoisotopic (exact) mass is 896 g/mol. The molecule has 0 atom stereocenters. The number of nitrogens with zero attached hydrogens (tertiary/aromatic N) is 4. The Morgan fingerprint density at radius 1 is 1.10 bits per heavy atom. The van der Waals surface area contributed by atoms with E-state index in [2.05, 4.69) is 49.5 Å². The van der Waals surface area contributed by atoms with Gasteiger partial charge in [0.1, 0.15) is 22.8 Å². The molecule has 16 heteroatoms. The summed E-state index contributed by atoms with van der Waals surface area (Å²) in [5.41, 5.74) is 5.46. The first-order valence-corrected chi connectivity index (χ1v) is 24.1. The predicted octanol–water partition coefficient (Wildman–Crippen LogP) is 8.57. The number of halogens is 1. The van der Waals surface area contributed by atoms with Gasteiger partial charge in [0.05, 0.1) is 34.7 Å². The molecule has 2 aromatic carbocycles. The van der Waals surface area contributed by atoms with Crippen LogP contribution >= 0.6 is 11.6 Å². The maximum Gasteiger partial charge on any atom is 0.293 e. The number of nitro groups is 1. The number of aromatic amines is 1. The number of nitrogens with one attached hydrogen (secondary N) is 3. The van der Waals surface area contributed by atoms with Crippen LogP contribution in [0.15, 0.2) is 77.0 Å². The maximum absolute atomic E-state index is 14.0. The van der Waals surface area contributed by atoms with Crippen molar-refractivity contribution in [1.29, 1.82) is 0 Å². The van der Waals surface area contributed by atoms with Gasteiger partial charge < -0.3 is 24.7 Å². The molecule has 63 heavy (non-hydrogen) atoms. The Morgan fingerprint density at radius 2 is 1.89 bits per heavy atom. The van der Waals surface area contributed by atoms with Crippen LogP contribution in [-0.4, -0.2) is 90.8 Å². The number of pyridine rings is 1. The largest absolute Gasteiger partial charge is 0.455 e. The Kier molecular flexibility index (Phi) is 10.4. The molecule has 4 saturated carbocycles.